The monoisotopic (exact) mass is 422 g/mol. The lowest BCUT2D eigenvalue weighted by Gasteiger charge is -2.16. The number of ether oxygens (including phenoxy) is 2. The van der Waals surface area contributed by atoms with Crippen LogP contribution in [0.4, 0.5) is 13.2 Å². The van der Waals surface area contributed by atoms with Crippen LogP contribution in [0, 0.1) is 0 Å². The largest absolute Gasteiger partial charge is 0.466 e. The highest BCUT2D eigenvalue weighted by Crippen LogP contribution is 2.27. The third-order valence-corrected chi connectivity index (χ3v) is 5.61. The van der Waals surface area contributed by atoms with Gasteiger partial charge in [-0.15, -0.1) is 0 Å². The fourth-order valence-corrected chi connectivity index (χ4v) is 3.10. The van der Waals surface area contributed by atoms with Gasteiger partial charge in [-0.1, -0.05) is 19.6 Å². The van der Waals surface area contributed by atoms with Gasteiger partial charge in [0.25, 0.3) is 5.56 Å². The van der Waals surface area contributed by atoms with Crippen molar-refractivity contribution in [2.24, 2.45) is 0 Å². The van der Waals surface area contributed by atoms with Gasteiger partial charge < -0.3 is 9.47 Å². The van der Waals surface area contributed by atoms with E-state index in [0.29, 0.717) is 19.4 Å². The number of halogens is 3. The van der Waals surface area contributed by atoms with Gasteiger partial charge in [0.2, 0.25) is 0 Å². The fourth-order valence-electron chi connectivity index (χ4n) is 2.35. The van der Waals surface area contributed by atoms with Crippen LogP contribution in [0.25, 0.3) is 0 Å². The van der Waals surface area contributed by atoms with Gasteiger partial charge in [-0.25, -0.2) is 4.68 Å². The Morgan fingerprint density at radius 2 is 1.93 bits per heavy atom. The molecule has 0 aromatic carbocycles. The second-order valence-electron chi connectivity index (χ2n) is 7.71. The molecule has 10 heteroatoms. The summed E-state index contributed by atoms with van der Waals surface area (Å²) in [6.07, 6.45) is -3.43. The molecule has 1 aromatic rings. The predicted octanol–water partition coefficient (Wildman–Crippen LogP) is 3.85. The standard InChI is InChI=1S/C18H29F3N2O4Si/c1-5-27-16(24)9-7-6-8-14-12-15(18(19,20)21)17(25)23(22-14)13-26-10-11-28(2,3)4/h12H,5-11,13H2,1-4H3. The molecule has 0 N–H and O–H groups in total. The third kappa shape index (κ3) is 9.00. The van der Waals surface area contributed by atoms with Crippen molar-refractivity contribution < 1.29 is 27.4 Å². The van der Waals surface area contributed by atoms with E-state index in [4.69, 9.17) is 9.47 Å². The number of carbonyl (C=O) groups excluding carboxylic acids is 1. The van der Waals surface area contributed by atoms with Crippen LogP contribution in [0.2, 0.25) is 25.7 Å². The van der Waals surface area contributed by atoms with Gasteiger partial charge >= 0.3 is 12.1 Å². The molecule has 0 radical (unpaired) electrons. The van der Waals surface area contributed by atoms with Crippen LogP contribution in [0.15, 0.2) is 10.9 Å². The van der Waals surface area contributed by atoms with Gasteiger partial charge in [-0.2, -0.15) is 18.3 Å². The molecule has 0 amide bonds. The summed E-state index contributed by atoms with van der Waals surface area (Å²) in [7, 11) is -1.35. The number of aryl methyl sites for hydroxylation is 1. The molecule has 0 bridgehead atoms. The Balaban J connectivity index is 2.81. The molecular weight excluding hydrogens is 393 g/mol. The van der Waals surface area contributed by atoms with Crippen molar-refractivity contribution in [1.82, 2.24) is 9.78 Å². The van der Waals surface area contributed by atoms with E-state index < -0.39 is 25.4 Å². The topological polar surface area (TPSA) is 70.4 Å². The first-order valence-corrected chi connectivity index (χ1v) is 13.1. The lowest BCUT2D eigenvalue weighted by atomic mass is 10.1. The van der Waals surface area contributed by atoms with Gasteiger partial charge in [0.15, 0.2) is 0 Å². The molecule has 0 aliphatic heterocycles. The van der Waals surface area contributed by atoms with Crippen LogP contribution in [-0.2, 0) is 33.6 Å². The number of nitrogens with zero attached hydrogens (tertiary/aromatic N) is 2. The van der Waals surface area contributed by atoms with Crippen LogP contribution in [0.1, 0.15) is 37.4 Å². The highest BCUT2D eigenvalue weighted by Gasteiger charge is 2.35. The molecule has 160 valence electrons. The molecule has 0 aliphatic rings. The highest BCUT2D eigenvalue weighted by molar-refractivity contribution is 6.76. The summed E-state index contributed by atoms with van der Waals surface area (Å²) in [6, 6.07) is 1.62. The molecule has 1 aromatic heterocycles. The van der Waals surface area contributed by atoms with Gasteiger partial charge in [0, 0.05) is 21.1 Å². The van der Waals surface area contributed by atoms with Crippen molar-refractivity contribution in [3.8, 4) is 0 Å². The van der Waals surface area contributed by atoms with E-state index in [1.54, 1.807) is 6.92 Å². The molecule has 0 saturated carbocycles. The van der Waals surface area contributed by atoms with Crippen molar-refractivity contribution >= 4 is 14.0 Å². The Labute approximate surface area is 164 Å². The van der Waals surface area contributed by atoms with E-state index in [-0.39, 0.29) is 37.8 Å². The molecule has 0 unspecified atom stereocenters. The number of hydrogen-bond acceptors (Lipinski definition) is 5. The number of aromatic nitrogens is 2. The third-order valence-electron chi connectivity index (χ3n) is 3.91. The minimum absolute atomic E-state index is 0.143. The lowest BCUT2D eigenvalue weighted by Crippen LogP contribution is -2.32. The van der Waals surface area contributed by atoms with Gasteiger partial charge in [0.05, 0.1) is 12.3 Å². The minimum Gasteiger partial charge on any atom is -0.466 e. The molecule has 0 aliphatic carbocycles. The van der Waals surface area contributed by atoms with Crippen LogP contribution in [0.5, 0.6) is 0 Å². The summed E-state index contributed by atoms with van der Waals surface area (Å²) in [5, 5.41) is 4.01. The first-order chi connectivity index (χ1) is 12.9. The normalized spacial score (nSPS) is 12.2. The van der Waals surface area contributed by atoms with E-state index in [1.165, 1.54) is 0 Å². The zero-order valence-electron chi connectivity index (χ0n) is 16.9. The summed E-state index contributed by atoms with van der Waals surface area (Å²) < 4.78 is 50.5. The number of carbonyl (C=O) groups is 1. The molecule has 0 atom stereocenters. The molecule has 28 heavy (non-hydrogen) atoms. The molecule has 1 rings (SSSR count). The second-order valence-corrected chi connectivity index (χ2v) is 13.3. The maximum absolute atomic E-state index is 13.2. The minimum atomic E-state index is -4.76. The number of alkyl halides is 3. The zero-order chi connectivity index (χ0) is 21.4. The van der Waals surface area contributed by atoms with E-state index >= 15 is 0 Å². The van der Waals surface area contributed by atoms with Gasteiger partial charge in [0.1, 0.15) is 12.3 Å². The Hall–Kier alpha value is -1.68. The Kier molecular flexibility index (Phi) is 9.35. The Morgan fingerprint density at radius 3 is 2.50 bits per heavy atom. The molecule has 0 spiro atoms. The van der Waals surface area contributed by atoms with E-state index in [2.05, 4.69) is 24.7 Å². The van der Waals surface area contributed by atoms with Crippen LogP contribution < -0.4 is 5.56 Å². The summed E-state index contributed by atoms with van der Waals surface area (Å²) in [4.78, 5) is 23.4. The Morgan fingerprint density at radius 1 is 1.25 bits per heavy atom. The quantitative estimate of drug-likeness (QED) is 0.308. The molecule has 6 nitrogen and oxygen atoms in total. The van der Waals surface area contributed by atoms with Crippen molar-refractivity contribution in [3.05, 3.63) is 27.7 Å². The Bertz CT molecular complexity index is 700. The SMILES string of the molecule is CCOC(=O)CCCCc1cc(C(F)(F)F)c(=O)n(COCC[Si](C)(C)C)n1. The van der Waals surface area contributed by atoms with Crippen LogP contribution in [0.3, 0.4) is 0 Å². The zero-order valence-corrected chi connectivity index (χ0v) is 17.9. The van der Waals surface area contributed by atoms with Crippen molar-refractivity contribution in [2.45, 2.75) is 71.2 Å². The summed E-state index contributed by atoms with van der Waals surface area (Å²) >= 11 is 0. The average Bonchev–Trinajstić information content (AvgIpc) is 2.56. The lowest BCUT2D eigenvalue weighted by molar-refractivity contribution is -0.143. The van der Waals surface area contributed by atoms with Crippen molar-refractivity contribution in [1.29, 1.82) is 0 Å². The fraction of sp³-hybridized carbons (Fsp3) is 0.722. The predicted molar refractivity (Wildman–Crippen MR) is 102 cm³/mol. The first-order valence-electron chi connectivity index (χ1n) is 9.35. The number of esters is 1. The maximum Gasteiger partial charge on any atom is 0.421 e. The van der Waals surface area contributed by atoms with E-state index in [1.807, 2.05) is 0 Å². The molecule has 0 fully saturated rings. The van der Waals surface area contributed by atoms with Crippen LogP contribution in [-0.4, -0.2) is 37.0 Å². The van der Waals surface area contributed by atoms with Gasteiger partial charge in [-0.05, 0) is 38.3 Å². The first kappa shape index (κ1) is 24.4. The summed E-state index contributed by atoms with van der Waals surface area (Å²) in [5.41, 5.74) is -2.32. The number of unbranched alkanes of at least 4 members (excludes halogenated alkanes) is 1. The molecule has 0 saturated heterocycles. The van der Waals surface area contributed by atoms with Crippen LogP contribution >= 0.6 is 0 Å². The maximum atomic E-state index is 13.2. The summed E-state index contributed by atoms with van der Waals surface area (Å²) in [6.45, 7) is 8.50. The summed E-state index contributed by atoms with van der Waals surface area (Å²) in [5.74, 6) is -0.341. The number of rotatable bonds is 11. The molecular formula is C18H29F3N2O4Si. The highest BCUT2D eigenvalue weighted by atomic mass is 28.3. The smallest absolute Gasteiger partial charge is 0.421 e. The van der Waals surface area contributed by atoms with E-state index in [9.17, 15) is 22.8 Å². The van der Waals surface area contributed by atoms with Crippen molar-refractivity contribution in [3.63, 3.8) is 0 Å². The second kappa shape index (κ2) is 10.8. The average molecular weight is 423 g/mol. The molecule has 1 heterocycles. The number of hydrogen-bond donors (Lipinski definition) is 0. The van der Waals surface area contributed by atoms with E-state index in [0.717, 1.165) is 16.8 Å². The van der Waals surface area contributed by atoms with Crippen molar-refractivity contribution in [2.75, 3.05) is 13.2 Å². The van der Waals surface area contributed by atoms with Gasteiger partial charge in [-0.3, -0.25) is 9.59 Å².